The minimum atomic E-state index is -0.588. The summed E-state index contributed by atoms with van der Waals surface area (Å²) in [5.41, 5.74) is 0.861. The van der Waals surface area contributed by atoms with Gasteiger partial charge in [-0.1, -0.05) is 30.3 Å². The van der Waals surface area contributed by atoms with E-state index in [9.17, 15) is 14.4 Å². The predicted molar refractivity (Wildman–Crippen MR) is 77.9 cm³/mol. The van der Waals surface area contributed by atoms with Crippen LogP contribution in [0.15, 0.2) is 30.3 Å². The zero-order valence-corrected chi connectivity index (χ0v) is 12.4. The number of carbonyl (C=O) groups is 3. The van der Waals surface area contributed by atoms with E-state index in [4.69, 9.17) is 9.47 Å². The minimum Gasteiger partial charge on any atom is -0.469 e. The lowest BCUT2D eigenvalue weighted by Crippen LogP contribution is -2.49. The third-order valence-corrected chi connectivity index (χ3v) is 3.76. The van der Waals surface area contributed by atoms with Crippen molar-refractivity contribution in [2.24, 2.45) is 5.92 Å². The number of piperidine rings is 1. The molecule has 1 aliphatic heterocycles. The van der Waals surface area contributed by atoms with Crippen LogP contribution in [0.4, 0.5) is 4.79 Å². The summed E-state index contributed by atoms with van der Waals surface area (Å²) in [6.07, 6.45) is 1.09. The van der Waals surface area contributed by atoms with Crippen LogP contribution >= 0.6 is 0 Å². The number of amides is 1. The van der Waals surface area contributed by atoms with Crippen LogP contribution in [0.5, 0.6) is 0 Å². The standard InChI is InChI=1S/C16H19NO5/c1-21-15(19)13-7-8-14(10-18)17(9-13)16(20)22-11-12-5-3-2-4-6-12/h2-6,10,13-14H,7-9,11H2,1H3/t13-,14+/m0/s1. The lowest BCUT2D eigenvalue weighted by molar-refractivity contribution is -0.148. The van der Waals surface area contributed by atoms with E-state index in [1.807, 2.05) is 30.3 Å². The Balaban J connectivity index is 1.98. The summed E-state index contributed by atoms with van der Waals surface area (Å²) in [6.45, 7) is 0.272. The number of ether oxygens (including phenoxy) is 2. The maximum Gasteiger partial charge on any atom is 0.410 e. The number of benzene rings is 1. The molecule has 0 spiro atoms. The van der Waals surface area contributed by atoms with Gasteiger partial charge in [0.1, 0.15) is 12.9 Å². The van der Waals surface area contributed by atoms with Crippen LogP contribution in [-0.2, 0) is 25.7 Å². The van der Waals surface area contributed by atoms with Gasteiger partial charge >= 0.3 is 12.1 Å². The van der Waals surface area contributed by atoms with Crippen LogP contribution in [0.1, 0.15) is 18.4 Å². The average molecular weight is 305 g/mol. The van der Waals surface area contributed by atoms with Gasteiger partial charge in [-0.3, -0.25) is 9.69 Å². The second-order valence-corrected chi connectivity index (χ2v) is 5.19. The molecular weight excluding hydrogens is 286 g/mol. The van der Waals surface area contributed by atoms with E-state index in [2.05, 4.69) is 0 Å². The molecule has 1 aromatic rings. The van der Waals surface area contributed by atoms with Gasteiger partial charge in [0, 0.05) is 6.54 Å². The molecule has 0 N–H and O–H groups in total. The van der Waals surface area contributed by atoms with Gasteiger partial charge in [-0.05, 0) is 18.4 Å². The quantitative estimate of drug-likeness (QED) is 0.626. The zero-order chi connectivity index (χ0) is 15.9. The normalized spacial score (nSPS) is 21.0. The van der Waals surface area contributed by atoms with Crippen LogP contribution in [0.3, 0.4) is 0 Å². The molecule has 22 heavy (non-hydrogen) atoms. The predicted octanol–water partition coefficient (Wildman–Crippen LogP) is 1.78. The Morgan fingerprint density at radius 1 is 1.27 bits per heavy atom. The highest BCUT2D eigenvalue weighted by Gasteiger charge is 2.35. The molecule has 1 aromatic carbocycles. The van der Waals surface area contributed by atoms with Crippen LogP contribution in [0.2, 0.25) is 0 Å². The van der Waals surface area contributed by atoms with Crippen molar-refractivity contribution in [3.8, 4) is 0 Å². The summed E-state index contributed by atoms with van der Waals surface area (Å²) >= 11 is 0. The number of hydrogen-bond acceptors (Lipinski definition) is 5. The molecule has 0 unspecified atom stereocenters. The van der Waals surface area contributed by atoms with Gasteiger partial charge in [0.05, 0.1) is 19.1 Å². The molecule has 1 heterocycles. The number of aldehydes is 1. The van der Waals surface area contributed by atoms with E-state index in [0.29, 0.717) is 12.8 Å². The van der Waals surface area contributed by atoms with Gasteiger partial charge in [0.15, 0.2) is 0 Å². The third kappa shape index (κ3) is 3.84. The number of hydrogen-bond donors (Lipinski definition) is 0. The first-order valence-electron chi connectivity index (χ1n) is 7.16. The number of likely N-dealkylation sites (tertiary alicyclic amines) is 1. The molecule has 0 radical (unpaired) electrons. The van der Waals surface area contributed by atoms with Crippen molar-refractivity contribution in [3.05, 3.63) is 35.9 Å². The van der Waals surface area contributed by atoms with E-state index in [1.54, 1.807) is 0 Å². The number of methoxy groups -OCH3 is 1. The van der Waals surface area contributed by atoms with Crippen LogP contribution < -0.4 is 0 Å². The van der Waals surface area contributed by atoms with Crippen molar-refractivity contribution in [1.82, 2.24) is 4.90 Å². The summed E-state index contributed by atoms with van der Waals surface area (Å²) in [6, 6.07) is 8.72. The molecule has 0 aromatic heterocycles. The van der Waals surface area contributed by atoms with Gasteiger partial charge in [-0.15, -0.1) is 0 Å². The number of esters is 1. The van der Waals surface area contributed by atoms with E-state index in [0.717, 1.165) is 11.8 Å². The first-order chi connectivity index (χ1) is 10.7. The lowest BCUT2D eigenvalue weighted by atomic mass is 9.94. The SMILES string of the molecule is COC(=O)[C@H]1CC[C@H](C=O)N(C(=O)OCc2ccccc2)C1. The van der Waals surface area contributed by atoms with Gasteiger partial charge in [-0.2, -0.15) is 0 Å². The van der Waals surface area contributed by atoms with Gasteiger partial charge in [0.25, 0.3) is 0 Å². The Bertz CT molecular complexity index is 531. The van der Waals surface area contributed by atoms with E-state index in [1.165, 1.54) is 12.0 Å². The first-order valence-corrected chi connectivity index (χ1v) is 7.16. The van der Waals surface area contributed by atoms with Gasteiger partial charge < -0.3 is 14.3 Å². The highest BCUT2D eigenvalue weighted by atomic mass is 16.6. The molecule has 1 aliphatic rings. The number of rotatable bonds is 4. The molecule has 0 saturated carbocycles. The minimum absolute atomic E-state index is 0.130. The fourth-order valence-corrected chi connectivity index (χ4v) is 2.50. The topological polar surface area (TPSA) is 72.9 Å². The fourth-order valence-electron chi connectivity index (χ4n) is 2.50. The molecule has 2 rings (SSSR count). The van der Waals surface area contributed by atoms with E-state index >= 15 is 0 Å². The van der Waals surface area contributed by atoms with Crippen molar-refractivity contribution in [2.45, 2.75) is 25.5 Å². The Morgan fingerprint density at radius 3 is 2.64 bits per heavy atom. The fraction of sp³-hybridized carbons (Fsp3) is 0.438. The molecule has 6 heteroatoms. The molecular formula is C16H19NO5. The molecule has 0 bridgehead atoms. The van der Waals surface area contributed by atoms with Gasteiger partial charge in [0.2, 0.25) is 0 Å². The first kappa shape index (κ1) is 16.0. The zero-order valence-electron chi connectivity index (χ0n) is 12.4. The molecule has 6 nitrogen and oxygen atoms in total. The van der Waals surface area contributed by atoms with E-state index in [-0.39, 0.29) is 19.1 Å². The average Bonchev–Trinajstić information content (AvgIpc) is 2.59. The third-order valence-electron chi connectivity index (χ3n) is 3.76. The highest BCUT2D eigenvalue weighted by Crippen LogP contribution is 2.23. The summed E-state index contributed by atoms with van der Waals surface area (Å²) in [4.78, 5) is 36.2. The number of carbonyl (C=O) groups excluding carboxylic acids is 3. The molecule has 0 aliphatic carbocycles. The molecule has 2 atom stereocenters. The second-order valence-electron chi connectivity index (χ2n) is 5.19. The maximum atomic E-state index is 12.2. The van der Waals surface area contributed by atoms with Crippen LogP contribution in [0, 0.1) is 5.92 Å². The summed E-state index contributed by atoms with van der Waals surface area (Å²) in [5, 5.41) is 0. The largest absolute Gasteiger partial charge is 0.469 e. The monoisotopic (exact) mass is 305 g/mol. The Kier molecular flexibility index (Phi) is 5.52. The van der Waals surface area contributed by atoms with Crippen molar-refractivity contribution < 1.29 is 23.9 Å². The smallest absolute Gasteiger partial charge is 0.410 e. The van der Waals surface area contributed by atoms with Crippen molar-refractivity contribution in [2.75, 3.05) is 13.7 Å². The Morgan fingerprint density at radius 2 is 2.00 bits per heavy atom. The highest BCUT2D eigenvalue weighted by molar-refractivity contribution is 5.77. The van der Waals surface area contributed by atoms with Crippen molar-refractivity contribution in [1.29, 1.82) is 0 Å². The lowest BCUT2D eigenvalue weighted by Gasteiger charge is -2.35. The Hall–Kier alpha value is -2.37. The van der Waals surface area contributed by atoms with Crippen molar-refractivity contribution in [3.63, 3.8) is 0 Å². The maximum absolute atomic E-state index is 12.2. The summed E-state index contributed by atoms with van der Waals surface area (Å²) in [7, 11) is 1.31. The molecule has 118 valence electrons. The number of nitrogens with zero attached hydrogens (tertiary/aromatic N) is 1. The van der Waals surface area contributed by atoms with Crippen LogP contribution in [0.25, 0.3) is 0 Å². The second kappa shape index (κ2) is 7.59. The molecule has 1 fully saturated rings. The molecule has 1 amide bonds. The van der Waals surface area contributed by atoms with E-state index < -0.39 is 18.1 Å². The Labute approximate surface area is 129 Å². The molecule has 1 saturated heterocycles. The van der Waals surface area contributed by atoms with Gasteiger partial charge in [-0.25, -0.2) is 4.79 Å². The van der Waals surface area contributed by atoms with Crippen LogP contribution in [-0.4, -0.2) is 42.9 Å². The van der Waals surface area contributed by atoms with Crippen molar-refractivity contribution >= 4 is 18.3 Å². The summed E-state index contributed by atoms with van der Waals surface area (Å²) in [5.74, 6) is -0.782. The summed E-state index contributed by atoms with van der Waals surface area (Å²) < 4.78 is 9.95.